The van der Waals surface area contributed by atoms with Gasteiger partial charge in [-0.05, 0) is 24.3 Å². The summed E-state index contributed by atoms with van der Waals surface area (Å²) in [6.45, 7) is -0.264. The molecule has 0 spiro atoms. The first kappa shape index (κ1) is 19.4. The number of benzene rings is 2. The van der Waals surface area contributed by atoms with Crippen molar-refractivity contribution in [2.45, 2.75) is 4.90 Å². The minimum atomic E-state index is -0.615. The normalized spacial score (nSPS) is 10.3. The molecule has 0 N–H and O–H groups in total. The van der Waals surface area contributed by atoms with Crippen LogP contribution in [0.2, 0.25) is 10.0 Å². The number of nitrogens with zero attached hydrogens (tertiary/aromatic N) is 1. The van der Waals surface area contributed by atoms with Crippen LogP contribution < -0.4 is 4.74 Å². The monoisotopic (exact) mass is 401 g/mol. The fraction of sp³-hybridized carbons (Fsp3) is 0.188. The second-order valence-electron chi connectivity index (χ2n) is 4.66. The van der Waals surface area contributed by atoms with Crippen LogP contribution in [-0.2, 0) is 9.53 Å². The number of nitro groups is 1. The van der Waals surface area contributed by atoms with Gasteiger partial charge in [0.15, 0.2) is 12.4 Å². The van der Waals surface area contributed by atoms with E-state index in [2.05, 4.69) is 0 Å². The SMILES string of the molecule is O=C(COc1ccccc1[N+](=O)[O-])OCCSc1cc(Cl)ccc1Cl. The van der Waals surface area contributed by atoms with E-state index < -0.39 is 17.5 Å². The van der Waals surface area contributed by atoms with Gasteiger partial charge >= 0.3 is 11.7 Å². The Bertz CT molecular complexity index is 772. The summed E-state index contributed by atoms with van der Waals surface area (Å²) in [6, 6.07) is 10.9. The van der Waals surface area contributed by atoms with Crippen LogP contribution in [0.15, 0.2) is 47.4 Å². The Labute approximate surface area is 158 Å². The predicted molar refractivity (Wildman–Crippen MR) is 96.7 cm³/mol. The Morgan fingerprint density at radius 3 is 2.72 bits per heavy atom. The van der Waals surface area contributed by atoms with Crippen molar-refractivity contribution in [1.82, 2.24) is 0 Å². The third kappa shape index (κ3) is 6.12. The van der Waals surface area contributed by atoms with Crippen molar-refractivity contribution in [3.63, 3.8) is 0 Å². The summed E-state index contributed by atoms with van der Waals surface area (Å²) >= 11 is 13.3. The van der Waals surface area contributed by atoms with E-state index >= 15 is 0 Å². The van der Waals surface area contributed by atoms with Crippen molar-refractivity contribution in [2.24, 2.45) is 0 Å². The number of carbonyl (C=O) groups is 1. The summed E-state index contributed by atoms with van der Waals surface area (Å²) in [5.41, 5.74) is -0.207. The molecule has 6 nitrogen and oxygen atoms in total. The lowest BCUT2D eigenvalue weighted by atomic mass is 10.3. The van der Waals surface area contributed by atoms with E-state index in [1.807, 2.05) is 0 Å². The van der Waals surface area contributed by atoms with E-state index in [9.17, 15) is 14.9 Å². The van der Waals surface area contributed by atoms with Gasteiger partial charge in [-0.1, -0.05) is 35.3 Å². The average molecular weight is 402 g/mol. The molecule has 0 atom stereocenters. The lowest BCUT2D eigenvalue weighted by Crippen LogP contribution is -2.16. The molecule has 0 fully saturated rings. The molecule has 9 heteroatoms. The fourth-order valence-corrected chi connectivity index (χ4v) is 3.12. The molecule has 0 amide bonds. The number of halogens is 2. The van der Waals surface area contributed by atoms with Gasteiger partial charge < -0.3 is 9.47 Å². The van der Waals surface area contributed by atoms with Crippen molar-refractivity contribution in [1.29, 1.82) is 0 Å². The van der Waals surface area contributed by atoms with E-state index in [1.165, 1.54) is 30.0 Å². The van der Waals surface area contributed by atoms with Crippen LogP contribution in [0.5, 0.6) is 5.75 Å². The summed E-state index contributed by atoms with van der Waals surface area (Å²) in [5, 5.41) is 12.0. The van der Waals surface area contributed by atoms with Gasteiger partial charge in [0.25, 0.3) is 0 Å². The summed E-state index contributed by atoms with van der Waals surface area (Å²) < 4.78 is 10.2. The second-order valence-corrected chi connectivity index (χ2v) is 6.64. The molecule has 0 aliphatic heterocycles. The standard InChI is InChI=1S/C16H13Cl2NO5S/c17-11-5-6-12(18)15(9-11)25-8-7-23-16(20)10-24-14-4-2-1-3-13(14)19(21)22/h1-6,9H,7-8,10H2. The Kier molecular flexibility index (Phi) is 7.36. The summed E-state index contributed by atoms with van der Waals surface area (Å²) in [7, 11) is 0. The minimum absolute atomic E-state index is 0.0181. The van der Waals surface area contributed by atoms with Crippen LogP contribution in [0.25, 0.3) is 0 Å². The molecule has 132 valence electrons. The van der Waals surface area contributed by atoms with Gasteiger partial charge in [0, 0.05) is 21.7 Å². The number of esters is 1. The third-order valence-corrected chi connectivity index (χ3v) is 4.60. The molecule has 0 saturated carbocycles. The molecule has 0 unspecified atom stereocenters. The first-order valence-electron chi connectivity index (χ1n) is 7.07. The number of hydrogen-bond donors (Lipinski definition) is 0. The maximum absolute atomic E-state index is 11.7. The Balaban J connectivity index is 1.74. The molecule has 0 heterocycles. The number of thioether (sulfide) groups is 1. The molecule has 0 aliphatic carbocycles. The molecule has 0 saturated heterocycles. The molecular weight excluding hydrogens is 389 g/mol. The smallest absolute Gasteiger partial charge is 0.344 e. The van der Waals surface area contributed by atoms with E-state index in [0.29, 0.717) is 15.8 Å². The topological polar surface area (TPSA) is 78.7 Å². The average Bonchev–Trinajstić information content (AvgIpc) is 2.60. The number of carbonyl (C=O) groups excluding carboxylic acids is 1. The zero-order valence-corrected chi connectivity index (χ0v) is 15.1. The highest BCUT2D eigenvalue weighted by molar-refractivity contribution is 7.99. The van der Waals surface area contributed by atoms with Crippen LogP contribution in [0.4, 0.5) is 5.69 Å². The molecule has 2 aromatic carbocycles. The molecular formula is C16H13Cl2NO5S. The lowest BCUT2D eigenvalue weighted by Gasteiger charge is -2.08. The summed E-state index contributed by atoms with van der Waals surface area (Å²) in [5.74, 6) is -0.113. The van der Waals surface area contributed by atoms with Gasteiger partial charge in [0.05, 0.1) is 9.95 Å². The maximum atomic E-state index is 11.7. The quantitative estimate of drug-likeness (QED) is 0.211. The summed E-state index contributed by atoms with van der Waals surface area (Å²) in [4.78, 5) is 22.7. The van der Waals surface area contributed by atoms with Crippen molar-refractivity contribution < 1.29 is 19.2 Å². The highest BCUT2D eigenvalue weighted by atomic mass is 35.5. The van der Waals surface area contributed by atoms with Crippen molar-refractivity contribution in [3.8, 4) is 5.75 Å². The Morgan fingerprint density at radius 2 is 1.96 bits per heavy atom. The fourth-order valence-electron chi connectivity index (χ4n) is 1.80. The Morgan fingerprint density at radius 1 is 1.20 bits per heavy atom. The largest absolute Gasteiger partial charge is 0.475 e. The highest BCUT2D eigenvalue weighted by Gasteiger charge is 2.15. The van der Waals surface area contributed by atoms with Crippen molar-refractivity contribution in [3.05, 3.63) is 62.6 Å². The van der Waals surface area contributed by atoms with Crippen LogP contribution >= 0.6 is 35.0 Å². The highest BCUT2D eigenvalue weighted by Crippen LogP contribution is 2.29. The maximum Gasteiger partial charge on any atom is 0.344 e. The third-order valence-electron chi connectivity index (χ3n) is 2.90. The molecule has 0 radical (unpaired) electrons. The van der Waals surface area contributed by atoms with Crippen LogP contribution in [-0.4, -0.2) is 29.9 Å². The predicted octanol–water partition coefficient (Wildman–Crippen LogP) is 4.62. The number of nitro benzene ring substituents is 1. The number of rotatable bonds is 8. The van der Waals surface area contributed by atoms with E-state index in [1.54, 1.807) is 24.3 Å². The molecule has 25 heavy (non-hydrogen) atoms. The summed E-state index contributed by atoms with van der Waals surface area (Å²) in [6.07, 6.45) is 0. The van der Waals surface area contributed by atoms with Crippen LogP contribution in [0, 0.1) is 10.1 Å². The van der Waals surface area contributed by atoms with Crippen LogP contribution in [0.1, 0.15) is 0 Å². The first-order chi connectivity index (χ1) is 12.0. The zero-order chi connectivity index (χ0) is 18.2. The van der Waals surface area contributed by atoms with Gasteiger partial charge in [-0.15, -0.1) is 11.8 Å². The number of hydrogen-bond acceptors (Lipinski definition) is 6. The zero-order valence-electron chi connectivity index (χ0n) is 12.8. The number of ether oxygens (including phenoxy) is 2. The lowest BCUT2D eigenvalue weighted by molar-refractivity contribution is -0.385. The second kappa shape index (κ2) is 9.50. The minimum Gasteiger partial charge on any atom is -0.475 e. The molecule has 0 aliphatic rings. The van der Waals surface area contributed by atoms with Gasteiger partial charge in [-0.3, -0.25) is 10.1 Å². The van der Waals surface area contributed by atoms with Crippen molar-refractivity contribution >= 4 is 46.6 Å². The van der Waals surface area contributed by atoms with Crippen LogP contribution in [0.3, 0.4) is 0 Å². The van der Waals surface area contributed by atoms with Gasteiger partial charge in [0.1, 0.15) is 6.61 Å². The van der Waals surface area contributed by atoms with Gasteiger partial charge in [-0.2, -0.15) is 0 Å². The van der Waals surface area contributed by atoms with Crippen molar-refractivity contribution in [2.75, 3.05) is 19.0 Å². The molecule has 2 rings (SSSR count). The van der Waals surface area contributed by atoms with E-state index in [-0.39, 0.29) is 18.0 Å². The van der Waals surface area contributed by atoms with E-state index in [4.69, 9.17) is 32.7 Å². The van der Waals surface area contributed by atoms with Gasteiger partial charge in [-0.25, -0.2) is 4.79 Å². The molecule has 0 bridgehead atoms. The molecule has 2 aromatic rings. The Hall–Kier alpha value is -1.96. The van der Waals surface area contributed by atoms with E-state index in [0.717, 1.165) is 4.90 Å². The number of para-hydroxylation sites is 2. The first-order valence-corrected chi connectivity index (χ1v) is 8.81. The molecule has 0 aromatic heterocycles. The van der Waals surface area contributed by atoms with Gasteiger partial charge in [0.2, 0.25) is 0 Å².